The number of hydrogen-bond donors (Lipinski definition) is 0. The maximum atomic E-state index is 12.3. The molecule has 1 aliphatic carbocycles. The summed E-state index contributed by atoms with van der Waals surface area (Å²) in [6, 6.07) is 13.8. The number of benzene rings is 2. The maximum Gasteiger partial charge on any atom is 0.186 e. The van der Waals surface area contributed by atoms with E-state index >= 15 is 0 Å². The number of allylic oxidation sites excluding steroid dienone is 6. The summed E-state index contributed by atoms with van der Waals surface area (Å²) in [6.45, 7) is 0. The van der Waals surface area contributed by atoms with Gasteiger partial charge in [-0.25, -0.2) is 0 Å². The third-order valence-corrected chi connectivity index (χ3v) is 3.28. The molecule has 19 heavy (non-hydrogen) atoms. The molecule has 0 amide bonds. The van der Waals surface area contributed by atoms with Crippen LogP contribution in [0.3, 0.4) is 0 Å². The van der Waals surface area contributed by atoms with E-state index in [0.717, 1.165) is 28.3 Å². The van der Waals surface area contributed by atoms with Crippen molar-refractivity contribution in [2.24, 2.45) is 0 Å². The molecular formula is C18H14O. The Balaban J connectivity index is 1.95. The molecule has 0 N–H and O–H groups in total. The lowest BCUT2D eigenvalue weighted by molar-refractivity contribution is 0.104. The molecule has 0 saturated heterocycles. The van der Waals surface area contributed by atoms with Gasteiger partial charge in [0.25, 0.3) is 0 Å². The van der Waals surface area contributed by atoms with Gasteiger partial charge in [0.05, 0.1) is 0 Å². The van der Waals surface area contributed by atoms with Gasteiger partial charge in [-0.1, -0.05) is 66.8 Å². The van der Waals surface area contributed by atoms with Gasteiger partial charge in [-0.15, -0.1) is 0 Å². The summed E-state index contributed by atoms with van der Waals surface area (Å²) in [7, 11) is 0. The average molecular weight is 246 g/mol. The van der Waals surface area contributed by atoms with Crippen LogP contribution in [-0.4, -0.2) is 5.78 Å². The van der Waals surface area contributed by atoms with Gasteiger partial charge in [-0.05, 0) is 28.8 Å². The van der Waals surface area contributed by atoms with Crippen LogP contribution >= 0.6 is 0 Å². The van der Waals surface area contributed by atoms with Crippen molar-refractivity contribution in [2.45, 2.75) is 6.42 Å². The molecule has 1 nitrogen and oxygen atoms in total. The zero-order valence-corrected chi connectivity index (χ0v) is 10.5. The highest BCUT2D eigenvalue weighted by atomic mass is 16.1. The van der Waals surface area contributed by atoms with E-state index in [2.05, 4.69) is 12.2 Å². The van der Waals surface area contributed by atoms with Crippen LogP contribution in [0.2, 0.25) is 0 Å². The molecule has 92 valence electrons. The van der Waals surface area contributed by atoms with E-state index in [-0.39, 0.29) is 5.78 Å². The molecule has 0 unspecified atom stereocenters. The highest BCUT2D eigenvalue weighted by Crippen LogP contribution is 2.19. The lowest BCUT2D eigenvalue weighted by Gasteiger charge is -2.02. The van der Waals surface area contributed by atoms with E-state index in [4.69, 9.17) is 0 Å². The first kappa shape index (κ1) is 11.7. The van der Waals surface area contributed by atoms with Crippen molar-refractivity contribution >= 4 is 16.6 Å². The summed E-state index contributed by atoms with van der Waals surface area (Å²) in [6.07, 6.45) is 10.7. The molecule has 0 spiro atoms. The quantitative estimate of drug-likeness (QED) is 0.577. The SMILES string of the molecule is O=C(/C=C/C1=CCC=C1)c1cccc2ccccc12. The van der Waals surface area contributed by atoms with Gasteiger partial charge in [0.2, 0.25) is 0 Å². The van der Waals surface area contributed by atoms with Crippen molar-refractivity contribution in [3.63, 3.8) is 0 Å². The third-order valence-electron chi connectivity index (χ3n) is 3.28. The normalized spacial score (nSPS) is 14.2. The summed E-state index contributed by atoms with van der Waals surface area (Å²) in [5.41, 5.74) is 1.87. The second-order valence-corrected chi connectivity index (χ2v) is 4.57. The van der Waals surface area contributed by atoms with E-state index in [9.17, 15) is 4.79 Å². The van der Waals surface area contributed by atoms with Crippen molar-refractivity contribution < 1.29 is 4.79 Å². The first-order valence-corrected chi connectivity index (χ1v) is 6.41. The van der Waals surface area contributed by atoms with E-state index in [1.54, 1.807) is 6.08 Å². The Morgan fingerprint density at radius 3 is 2.74 bits per heavy atom. The molecule has 3 rings (SSSR count). The number of carbonyl (C=O) groups is 1. The number of ketones is 1. The van der Waals surface area contributed by atoms with Crippen LogP contribution in [0.1, 0.15) is 16.8 Å². The summed E-state index contributed by atoms with van der Waals surface area (Å²) in [4.78, 5) is 12.3. The minimum Gasteiger partial charge on any atom is -0.289 e. The van der Waals surface area contributed by atoms with Crippen LogP contribution < -0.4 is 0 Å². The summed E-state index contributed by atoms with van der Waals surface area (Å²) in [5.74, 6) is 0.0537. The molecule has 2 aromatic carbocycles. The van der Waals surface area contributed by atoms with Gasteiger partial charge in [-0.2, -0.15) is 0 Å². The lowest BCUT2D eigenvalue weighted by Crippen LogP contribution is -1.95. The first-order valence-electron chi connectivity index (χ1n) is 6.41. The van der Waals surface area contributed by atoms with E-state index in [1.807, 2.05) is 54.6 Å². The molecule has 1 heteroatoms. The van der Waals surface area contributed by atoms with Gasteiger partial charge < -0.3 is 0 Å². The van der Waals surface area contributed by atoms with Gasteiger partial charge in [0.1, 0.15) is 0 Å². The second-order valence-electron chi connectivity index (χ2n) is 4.57. The highest BCUT2D eigenvalue weighted by Gasteiger charge is 2.06. The molecule has 0 fully saturated rings. The van der Waals surface area contributed by atoms with Crippen molar-refractivity contribution in [3.8, 4) is 0 Å². The molecule has 0 saturated carbocycles. The molecule has 0 aliphatic heterocycles. The van der Waals surface area contributed by atoms with Crippen LogP contribution in [0, 0.1) is 0 Å². The smallest absolute Gasteiger partial charge is 0.186 e. The fourth-order valence-corrected chi connectivity index (χ4v) is 2.30. The van der Waals surface area contributed by atoms with Gasteiger partial charge >= 0.3 is 0 Å². The lowest BCUT2D eigenvalue weighted by atomic mass is 10.0. The van der Waals surface area contributed by atoms with Crippen molar-refractivity contribution in [1.82, 2.24) is 0 Å². The summed E-state index contributed by atoms with van der Waals surface area (Å²) >= 11 is 0. The fourth-order valence-electron chi connectivity index (χ4n) is 2.30. The van der Waals surface area contributed by atoms with E-state index in [0.29, 0.717) is 0 Å². The predicted octanol–water partition coefficient (Wildman–Crippen LogP) is 4.47. The molecule has 1 aliphatic rings. The minimum absolute atomic E-state index is 0.0537. The van der Waals surface area contributed by atoms with Gasteiger partial charge in [0.15, 0.2) is 5.78 Å². The minimum atomic E-state index is 0.0537. The predicted molar refractivity (Wildman–Crippen MR) is 79.3 cm³/mol. The molecule has 0 heterocycles. The number of carbonyl (C=O) groups excluding carboxylic acids is 1. The van der Waals surface area contributed by atoms with Crippen LogP contribution in [0.15, 0.2) is 78.4 Å². The Kier molecular flexibility index (Phi) is 3.11. The zero-order chi connectivity index (χ0) is 13.1. The zero-order valence-electron chi connectivity index (χ0n) is 10.5. The van der Waals surface area contributed by atoms with Gasteiger partial charge in [0, 0.05) is 5.56 Å². The van der Waals surface area contributed by atoms with Crippen LogP contribution in [0.5, 0.6) is 0 Å². The van der Waals surface area contributed by atoms with E-state index in [1.165, 1.54) is 0 Å². The average Bonchev–Trinajstić information content (AvgIpc) is 2.97. The van der Waals surface area contributed by atoms with Crippen LogP contribution in [0.25, 0.3) is 10.8 Å². The topological polar surface area (TPSA) is 17.1 Å². The Hall–Kier alpha value is -2.41. The largest absolute Gasteiger partial charge is 0.289 e. The van der Waals surface area contributed by atoms with Crippen LogP contribution in [0.4, 0.5) is 0 Å². The molecular weight excluding hydrogens is 232 g/mol. The summed E-state index contributed by atoms with van der Waals surface area (Å²) in [5, 5.41) is 2.11. The third kappa shape index (κ3) is 2.41. The molecule has 0 atom stereocenters. The Bertz CT molecular complexity index is 712. The number of rotatable bonds is 3. The van der Waals surface area contributed by atoms with Crippen molar-refractivity contribution in [2.75, 3.05) is 0 Å². The monoisotopic (exact) mass is 246 g/mol. The second kappa shape index (κ2) is 5.07. The highest BCUT2D eigenvalue weighted by molar-refractivity contribution is 6.13. The fraction of sp³-hybridized carbons (Fsp3) is 0.0556. The number of hydrogen-bond acceptors (Lipinski definition) is 1. The van der Waals surface area contributed by atoms with Crippen LogP contribution in [-0.2, 0) is 0 Å². The first-order chi connectivity index (χ1) is 9.34. The molecule has 0 aromatic heterocycles. The van der Waals surface area contributed by atoms with E-state index < -0.39 is 0 Å². The number of fused-ring (bicyclic) bond motifs is 1. The maximum absolute atomic E-state index is 12.3. The van der Waals surface area contributed by atoms with Gasteiger partial charge in [-0.3, -0.25) is 4.79 Å². The Morgan fingerprint density at radius 1 is 1.05 bits per heavy atom. The summed E-state index contributed by atoms with van der Waals surface area (Å²) < 4.78 is 0. The Labute approximate surface area is 112 Å². The standard InChI is InChI=1S/C18H14O/c19-18(13-12-14-6-1-2-7-14)17-11-5-9-15-8-3-4-10-16(15)17/h1,3-13H,2H2/b13-12+. The Morgan fingerprint density at radius 2 is 1.89 bits per heavy atom. The molecule has 2 aromatic rings. The molecule has 0 bridgehead atoms. The van der Waals surface area contributed by atoms with Crippen molar-refractivity contribution in [3.05, 3.63) is 84.0 Å². The van der Waals surface area contributed by atoms with Crippen molar-refractivity contribution in [1.29, 1.82) is 0 Å². The molecule has 0 radical (unpaired) electrons.